The Morgan fingerprint density at radius 3 is 2.24 bits per heavy atom. The number of phenolic OH excluding ortho intramolecular Hbond substituents is 1. The molecular formula is C38H42ClN3O8. The highest BCUT2D eigenvalue weighted by atomic mass is 35.5. The van der Waals surface area contributed by atoms with Crippen LogP contribution in [-0.2, 0) is 0 Å². The van der Waals surface area contributed by atoms with E-state index in [1.807, 2.05) is 0 Å². The number of aromatic hydroxyl groups is 1. The second kappa shape index (κ2) is 18.6. The number of rotatable bonds is 18. The summed E-state index contributed by atoms with van der Waals surface area (Å²) in [6, 6.07) is 16.4. The van der Waals surface area contributed by atoms with Gasteiger partial charge in [0, 0.05) is 34.0 Å². The van der Waals surface area contributed by atoms with E-state index in [4.69, 9.17) is 21.1 Å². The number of nitro groups is 1. The lowest BCUT2D eigenvalue weighted by atomic mass is 10.0. The van der Waals surface area contributed by atoms with Crippen molar-refractivity contribution in [3.63, 3.8) is 0 Å². The molecule has 0 heterocycles. The van der Waals surface area contributed by atoms with Crippen LogP contribution in [0, 0.1) is 10.1 Å². The minimum absolute atomic E-state index is 0.0219. The normalized spacial score (nSPS) is 10.9. The minimum Gasteiger partial charge on any atom is -0.506 e. The molecule has 0 fully saturated rings. The first kappa shape index (κ1) is 37.7. The van der Waals surface area contributed by atoms with Gasteiger partial charge in [0.25, 0.3) is 5.91 Å². The Labute approximate surface area is 296 Å². The summed E-state index contributed by atoms with van der Waals surface area (Å²) in [6.07, 6.45) is 10.5. The lowest BCUT2D eigenvalue weighted by molar-refractivity contribution is -0.385. The Morgan fingerprint density at radius 2 is 1.58 bits per heavy atom. The van der Waals surface area contributed by atoms with Crippen LogP contribution >= 0.6 is 11.6 Å². The quantitative estimate of drug-likeness (QED) is 0.0450. The second-order valence-corrected chi connectivity index (χ2v) is 12.4. The maximum absolute atomic E-state index is 13.8. The summed E-state index contributed by atoms with van der Waals surface area (Å²) in [5.41, 5.74) is 0.223. The van der Waals surface area contributed by atoms with Crippen LogP contribution < -0.4 is 19.7 Å². The third kappa shape index (κ3) is 9.72. The van der Waals surface area contributed by atoms with Crippen molar-refractivity contribution in [3.8, 4) is 17.2 Å². The van der Waals surface area contributed by atoms with Crippen LogP contribution in [0.4, 0.5) is 21.9 Å². The Bertz CT molecular complexity index is 1830. The number of anilines is 2. The summed E-state index contributed by atoms with van der Waals surface area (Å²) in [4.78, 5) is 50.7. The zero-order valence-electron chi connectivity index (χ0n) is 28.3. The molecule has 11 nitrogen and oxygen atoms in total. The number of methoxy groups -OCH3 is 1. The Morgan fingerprint density at radius 1 is 0.900 bits per heavy atom. The number of benzene rings is 4. The molecule has 2 N–H and O–H groups in total. The average Bonchev–Trinajstić information content (AvgIpc) is 3.11. The molecule has 50 heavy (non-hydrogen) atoms. The van der Waals surface area contributed by atoms with Crippen LogP contribution in [0.3, 0.4) is 0 Å². The van der Waals surface area contributed by atoms with Crippen LogP contribution in [0.1, 0.15) is 91.8 Å². The molecule has 0 aliphatic rings. The molecule has 0 aromatic heterocycles. The molecule has 0 bridgehead atoms. The van der Waals surface area contributed by atoms with Gasteiger partial charge in [0.15, 0.2) is 0 Å². The molecule has 0 atom stereocenters. The fraction of sp³-hybridized carbons (Fsp3) is 0.342. The Balaban J connectivity index is 1.60. The van der Waals surface area contributed by atoms with Crippen molar-refractivity contribution in [1.29, 1.82) is 0 Å². The van der Waals surface area contributed by atoms with Crippen LogP contribution in [0.15, 0.2) is 66.7 Å². The molecule has 0 spiro atoms. The van der Waals surface area contributed by atoms with E-state index >= 15 is 0 Å². The topological polar surface area (TPSA) is 148 Å². The van der Waals surface area contributed by atoms with Crippen molar-refractivity contribution in [1.82, 2.24) is 0 Å². The summed E-state index contributed by atoms with van der Waals surface area (Å²) in [5.74, 6) is -0.845. The van der Waals surface area contributed by atoms with Gasteiger partial charge in [0.05, 0.1) is 29.0 Å². The number of fused-ring (bicyclic) bond motifs is 1. The number of phenols is 1. The third-order valence-electron chi connectivity index (χ3n) is 8.42. The zero-order valence-corrected chi connectivity index (χ0v) is 29.0. The number of aldehydes is 1. The van der Waals surface area contributed by atoms with Crippen molar-refractivity contribution in [2.45, 2.75) is 71.1 Å². The van der Waals surface area contributed by atoms with Gasteiger partial charge in [-0.15, -0.1) is 0 Å². The Hall–Kier alpha value is -5.16. The maximum atomic E-state index is 13.8. The van der Waals surface area contributed by atoms with Crippen LogP contribution in [0.2, 0.25) is 5.02 Å². The fourth-order valence-electron chi connectivity index (χ4n) is 5.76. The summed E-state index contributed by atoms with van der Waals surface area (Å²) in [7, 11) is 1.46. The lowest BCUT2D eigenvalue weighted by Crippen LogP contribution is -2.34. The number of ether oxygens (including phenoxy) is 2. The van der Waals surface area contributed by atoms with E-state index in [0.29, 0.717) is 45.6 Å². The van der Waals surface area contributed by atoms with Gasteiger partial charge in [-0.2, -0.15) is 0 Å². The maximum Gasteiger partial charge on any atom is 0.420 e. The van der Waals surface area contributed by atoms with Gasteiger partial charge in [-0.05, 0) is 48.9 Å². The standard InChI is InChI=1S/C38H42ClN3O8/c1-3-4-5-6-7-8-9-10-11-12-22-41(38(46)50-35-20-16-26(25-43)23-33(35)42(47)48)32-15-13-14-29-28(32)18-19-30(36(29)44)37(45)40-31-24-27(39)17-21-34(31)49-2/h13-21,23-25,44H,3-12,22H2,1-2H3,(H,40,45). The molecule has 0 unspecified atom stereocenters. The van der Waals surface area contributed by atoms with E-state index in [-0.39, 0.29) is 29.2 Å². The minimum atomic E-state index is -0.871. The smallest absolute Gasteiger partial charge is 0.420 e. The number of nitrogens with zero attached hydrogens (tertiary/aromatic N) is 2. The second-order valence-electron chi connectivity index (χ2n) is 11.9. The first-order valence-electron chi connectivity index (χ1n) is 16.8. The Kier molecular flexibility index (Phi) is 14.0. The number of carbonyl (C=O) groups is 3. The van der Waals surface area contributed by atoms with E-state index in [1.54, 1.807) is 36.4 Å². The van der Waals surface area contributed by atoms with Gasteiger partial charge in [-0.25, -0.2) is 4.79 Å². The number of carbonyl (C=O) groups excluding carboxylic acids is 3. The predicted octanol–water partition coefficient (Wildman–Crippen LogP) is 10.1. The molecule has 4 rings (SSSR count). The zero-order chi connectivity index (χ0) is 36.0. The largest absolute Gasteiger partial charge is 0.506 e. The molecule has 0 aliphatic carbocycles. The van der Waals surface area contributed by atoms with Crippen molar-refractivity contribution in [3.05, 3.63) is 93.0 Å². The first-order valence-corrected chi connectivity index (χ1v) is 17.2. The molecule has 264 valence electrons. The van der Waals surface area contributed by atoms with E-state index < -0.39 is 22.6 Å². The lowest BCUT2D eigenvalue weighted by Gasteiger charge is -2.24. The third-order valence-corrected chi connectivity index (χ3v) is 8.66. The van der Waals surface area contributed by atoms with Crippen LogP contribution in [0.25, 0.3) is 10.8 Å². The van der Waals surface area contributed by atoms with Crippen LogP contribution in [0.5, 0.6) is 17.2 Å². The van der Waals surface area contributed by atoms with Gasteiger partial charge in [-0.3, -0.25) is 24.6 Å². The number of hydrogen-bond donors (Lipinski definition) is 2. The molecule has 0 saturated heterocycles. The molecule has 0 aliphatic heterocycles. The predicted molar refractivity (Wildman–Crippen MR) is 195 cm³/mol. The number of halogens is 1. The van der Waals surface area contributed by atoms with Gasteiger partial charge in [0.2, 0.25) is 5.75 Å². The average molecular weight is 704 g/mol. The summed E-state index contributed by atoms with van der Waals surface area (Å²) >= 11 is 6.12. The number of nitro benzene ring substituents is 1. The highest BCUT2D eigenvalue weighted by molar-refractivity contribution is 6.31. The number of unbranched alkanes of at least 4 members (excludes halogenated alkanes) is 9. The monoisotopic (exact) mass is 703 g/mol. The molecule has 12 heteroatoms. The van der Waals surface area contributed by atoms with E-state index in [0.717, 1.165) is 31.7 Å². The van der Waals surface area contributed by atoms with E-state index in [2.05, 4.69) is 12.2 Å². The molecular weight excluding hydrogens is 662 g/mol. The first-order chi connectivity index (χ1) is 24.2. The van der Waals surface area contributed by atoms with Crippen molar-refractivity contribution in [2.24, 2.45) is 0 Å². The SMILES string of the molecule is CCCCCCCCCCCCN(C(=O)Oc1ccc(C=O)cc1[N+](=O)[O-])c1cccc2c(O)c(C(=O)Nc3cc(Cl)ccc3OC)ccc12. The van der Waals surface area contributed by atoms with Crippen molar-refractivity contribution in [2.75, 3.05) is 23.9 Å². The van der Waals surface area contributed by atoms with Crippen LogP contribution in [-0.4, -0.2) is 42.0 Å². The van der Waals surface area contributed by atoms with Crippen molar-refractivity contribution >= 4 is 57.7 Å². The van der Waals surface area contributed by atoms with Gasteiger partial charge in [-0.1, -0.05) is 94.5 Å². The molecule has 0 radical (unpaired) electrons. The van der Waals surface area contributed by atoms with Gasteiger partial charge < -0.3 is 19.9 Å². The number of nitrogens with one attached hydrogen (secondary N) is 1. The molecule has 4 aromatic rings. The number of amides is 2. The van der Waals surface area contributed by atoms with E-state index in [1.165, 1.54) is 68.4 Å². The highest BCUT2D eigenvalue weighted by Crippen LogP contribution is 2.37. The summed E-state index contributed by atoms with van der Waals surface area (Å²) in [6.45, 7) is 2.43. The van der Waals surface area contributed by atoms with Gasteiger partial charge in [0.1, 0.15) is 17.8 Å². The van der Waals surface area contributed by atoms with Gasteiger partial charge >= 0.3 is 11.8 Å². The van der Waals surface area contributed by atoms with E-state index in [9.17, 15) is 29.6 Å². The molecule has 0 saturated carbocycles. The summed E-state index contributed by atoms with van der Waals surface area (Å²) in [5, 5.41) is 26.9. The molecule has 2 amide bonds. The summed E-state index contributed by atoms with van der Waals surface area (Å²) < 4.78 is 10.9. The highest BCUT2D eigenvalue weighted by Gasteiger charge is 2.26. The van der Waals surface area contributed by atoms with Crippen molar-refractivity contribution < 1.29 is 33.9 Å². The fourth-order valence-corrected chi connectivity index (χ4v) is 5.94. The molecule has 4 aromatic carbocycles. The number of hydrogen-bond acceptors (Lipinski definition) is 8.